The van der Waals surface area contributed by atoms with E-state index in [9.17, 15) is 15.3 Å². The summed E-state index contributed by atoms with van der Waals surface area (Å²) in [5.74, 6) is 0.503. The van der Waals surface area contributed by atoms with Crippen molar-refractivity contribution in [3.05, 3.63) is 0 Å². The van der Waals surface area contributed by atoms with E-state index in [4.69, 9.17) is 11.1 Å². The molecule has 8 heteroatoms. The Kier molecular flexibility index (Phi) is 21.9. The molecule has 0 aromatic carbocycles. The number of rotatable bonds is 6. The molecule has 0 aromatic heterocycles. The molecule has 0 unspecified atom stereocenters. The molecule has 0 rings (SSSR count). The summed E-state index contributed by atoms with van der Waals surface area (Å²) in [4.78, 5) is 5.22. The van der Waals surface area contributed by atoms with Crippen LogP contribution in [-0.2, 0) is 0 Å². The Bertz CT molecular complexity index is 351. The molecule has 0 bridgehead atoms. The van der Waals surface area contributed by atoms with Crippen LogP contribution >= 0.6 is 0 Å². The Morgan fingerprint density at radius 2 is 1.64 bits per heavy atom. The number of aliphatic hydroxyl groups is 3. The third-order valence-electron chi connectivity index (χ3n) is 3.49. The summed E-state index contributed by atoms with van der Waals surface area (Å²) in [6, 6.07) is 0. The number of guanidine groups is 2. The van der Waals surface area contributed by atoms with Crippen LogP contribution in [0, 0.1) is 11.3 Å². The lowest BCUT2D eigenvalue weighted by Gasteiger charge is -2.26. The molecule has 8 nitrogen and oxygen atoms in total. The molecule has 0 saturated carbocycles. The number of aliphatic hydroxyl groups excluding tert-OH is 3. The number of hydrogen-bond donors (Lipinski definition) is 6. The lowest BCUT2D eigenvalue weighted by Crippen LogP contribution is -2.43. The predicted molar refractivity (Wildman–Crippen MR) is 108 cm³/mol. The van der Waals surface area contributed by atoms with Crippen molar-refractivity contribution < 1.29 is 15.3 Å². The fraction of sp³-hybridized carbons (Fsp3) is 0.882. The number of nitrogens with zero attached hydrogens (tertiary/aromatic N) is 2. The van der Waals surface area contributed by atoms with Crippen LogP contribution in [0.15, 0.2) is 4.99 Å². The molecule has 4 atom stereocenters. The summed E-state index contributed by atoms with van der Waals surface area (Å²) in [7, 11) is 5.06. The van der Waals surface area contributed by atoms with Crippen molar-refractivity contribution in [3.63, 3.8) is 0 Å². The Balaban J connectivity index is -0.000000168. The molecule has 0 aliphatic carbocycles. The summed E-state index contributed by atoms with van der Waals surface area (Å²) in [6.45, 7) is 5.75. The van der Waals surface area contributed by atoms with Crippen molar-refractivity contribution in [3.8, 4) is 0 Å². The maximum atomic E-state index is 9.57. The van der Waals surface area contributed by atoms with E-state index in [1.54, 1.807) is 26.0 Å². The van der Waals surface area contributed by atoms with Gasteiger partial charge in [-0.2, -0.15) is 0 Å². The highest BCUT2D eigenvalue weighted by Gasteiger charge is 2.27. The minimum Gasteiger partial charge on any atom is -0.390 e. The second kappa shape index (κ2) is 17.4. The molecular weight excluding hydrogens is 322 g/mol. The third-order valence-corrected chi connectivity index (χ3v) is 3.49. The topological polar surface area (TPSA) is 138 Å². The van der Waals surface area contributed by atoms with Crippen molar-refractivity contribution in [2.45, 2.75) is 73.2 Å². The first-order valence-electron chi connectivity index (χ1n) is 7.91. The van der Waals surface area contributed by atoms with Crippen LogP contribution < -0.4 is 11.1 Å². The maximum absolute atomic E-state index is 9.57. The van der Waals surface area contributed by atoms with Crippen LogP contribution in [0.4, 0.5) is 0 Å². The zero-order chi connectivity index (χ0) is 18.6. The zero-order valence-electron chi connectivity index (χ0n) is 15.2. The number of aliphatic imine (C=N–C) groups is 1. The molecular formula is C17H43N5O3. The molecule has 0 radical (unpaired) electrons. The molecule has 0 heterocycles. The SMILES string of the molecule is C.C.CCC[C@H](O)[C@@H](O)[C@H](O)[C@H](C)CC.CN=C(N)NC(=N)N(C)C. The molecule has 0 aliphatic heterocycles. The van der Waals surface area contributed by atoms with Crippen molar-refractivity contribution in [1.82, 2.24) is 10.2 Å². The first-order chi connectivity index (χ1) is 10.6. The second-order valence-electron chi connectivity index (χ2n) is 5.70. The fourth-order valence-corrected chi connectivity index (χ4v) is 1.56. The first kappa shape index (κ1) is 31.4. The largest absolute Gasteiger partial charge is 0.390 e. The monoisotopic (exact) mass is 365 g/mol. The van der Waals surface area contributed by atoms with Gasteiger partial charge in [0.15, 0.2) is 11.9 Å². The zero-order valence-corrected chi connectivity index (χ0v) is 15.2. The van der Waals surface area contributed by atoms with E-state index in [-0.39, 0.29) is 32.7 Å². The quantitative estimate of drug-likeness (QED) is 0.309. The molecule has 0 spiro atoms. The standard InChI is InChI=1S/C10H22O3.C5H13N5.2CH4/c1-4-6-8(11)10(13)9(12)7(3)5-2;1-8-4(6)9-5(7)10(2)3;;/h7-13H,4-6H2,1-3H3;1-3H3,(H4,6,7,8,9);2*1H4/t7-,8+,9-,10-;;;/m1.../s1. The Morgan fingerprint density at radius 3 is 1.96 bits per heavy atom. The van der Waals surface area contributed by atoms with Crippen LogP contribution in [0.2, 0.25) is 0 Å². The molecule has 154 valence electrons. The molecule has 0 fully saturated rings. The van der Waals surface area contributed by atoms with Crippen molar-refractivity contribution in [1.29, 1.82) is 5.41 Å². The third kappa shape index (κ3) is 14.7. The lowest BCUT2D eigenvalue weighted by atomic mass is 9.93. The van der Waals surface area contributed by atoms with Crippen LogP contribution in [0.5, 0.6) is 0 Å². The smallest absolute Gasteiger partial charge is 0.197 e. The van der Waals surface area contributed by atoms with Gasteiger partial charge in [0.05, 0.1) is 12.2 Å². The number of nitrogens with one attached hydrogen (secondary N) is 2. The summed E-state index contributed by atoms with van der Waals surface area (Å²) in [5.41, 5.74) is 5.28. The van der Waals surface area contributed by atoms with Crippen LogP contribution in [-0.4, -0.2) is 71.6 Å². The van der Waals surface area contributed by atoms with Crippen molar-refractivity contribution >= 4 is 11.9 Å². The van der Waals surface area contributed by atoms with Gasteiger partial charge >= 0.3 is 0 Å². The minimum absolute atomic E-state index is 0. The summed E-state index contributed by atoms with van der Waals surface area (Å²) in [5, 5.41) is 38.3. The van der Waals surface area contributed by atoms with Gasteiger partial charge in [-0.1, -0.05) is 48.5 Å². The van der Waals surface area contributed by atoms with E-state index in [1.807, 2.05) is 20.8 Å². The average molecular weight is 366 g/mol. The van der Waals surface area contributed by atoms with E-state index in [0.29, 0.717) is 6.42 Å². The van der Waals surface area contributed by atoms with Gasteiger partial charge in [-0.15, -0.1) is 0 Å². The highest BCUT2D eigenvalue weighted by molar-refractivity contribution is 5.96. The number of nitrogens with two attached hydrogens (primary N) is 1. The van der Waals surface area contributed by atoms with E-state index in [1.165, 1.54) is 0 Å². The molecule has 0 amide bonds. The van der Waals surface area contributed by atoms with E-state index in [0.717, 1.165) is 12.8 Å². The normalized spacial score (nSPS) is 15.2. The van der Waals surface area contributed by atoms with Crippen LogP contribution in [0.3, 0.4) is 0 Å². The van der Waals surface area contributed by atoms with Crippen LogP contribution in [0.1, 0.15) is 54.9 Å². The van der Waals surface area contributed by atoms with Crippen molar-refractivity contribution in [2.24, 2.45) is 16.6 Å². The molecule has 0 aromatic rings. The summed E-state index contributed by atoms with van der Waals surface area (Å²) < 4.78 is 0. The minimum atomic E-state index is -1.00. The molecule has 25 heavy (non-hydrogen) atoms. The molecule has 7 N–H and O–H groups in total. The van der Waals surface area contributed by atoms with Crippen molar-refractivity contribution in [2.75, 3.05) is 21.1 Å². The Labute approximate surface area is 154 Å². The second-order valence-corrected chi connectivity index (χ2v) is 5.70. The Morgan fingerprint density at radius 1 is 1.16 bits per heavy atom. The molecule has 0 saturated heterocycles. The Hall–Kier alpha value is -1.38. The van der Waals surface area contributed by atoms with Gasteiger partial charge < -0.3 is 26.0 Å². The van der Waals surface area contributed by atoms with E-state index >= 15 is 0 Å². The number of hydrogen-bond acceptors (Lipinski definition) is 5. The van der Waals surface area contributed by atoms with Gasteiger partial charge in [0.2, 0.25) is 0 Å². The van der Waals surface area contributed by atoms with Gasteiger partial charge in [-0.3, -0.25) is 15.7 Å². The maximum Gasteiger partial charge on any atom is 0.197 e. The highest BCUT2D eigenvalue weighted by Crippen LogP contribution is 2.15. The van der Waals surface area contributed by atoms with Gasteiger partial charge in [-0.25, -0.2) is 0 Å². The average Bonchev–Trinajstić information content (AvgIpc) is 2.52. The highest BCUT2D eigenvalue weighted by atomic mass is 16.4. The fourth-order valence-electron chi connectivity index (χ4n) is 1.56. The van der Waals surface area contributed by atoms with Gasteiger partial charge in [0.25, 0.3) is 0 Å². The van der Waals surface area contributed by atoms with E-state index in [2.05, 4.69) is 10.3 Å². The lowest BCUT2D eigenvalue weighted by molar-refractivity contribution is -0.0807. The summed E-state index contributed by atoms with van der Waals surface area (Å²) in [6.07, 6.45) is -0.465. The predicted octanol–water partition coefficient (Wildman–Crippen LogP) is 1.20. The van der Waals surface area contributed by atoms with Crippen LogP contribution in [0.25, 0.3) is 0 Å². The van der Waals surface area contributed by atoms with Gasteiger partial charge in [-0.05, 0) is 12.3 Å². The first-order valence-corrected chi connectivity index (χ1v) is 7.91. The van der Waals surface area contributed by atoms with Gasteiger partial charge in [0.1, 0.15) is 6.10 Å². The molecule has 0 aliphatic rings. The summed E-state index contributed by atoms with van der Waals surface area (Å²) >= 11 is 0. The van der Waals surface area contributed by atoms with Gasteiger partial charge in [0, 0.05) is 21.1 Å². The van der Waals surface area contributed by atoms with E-state index < -0.39 is 18.3 Å².